The van der Waals surface area contributed by atoms with E-state index in [4.69, 9.17) is 0 Å². The number of nitrogens with zero attached hydrogens (tertiary/aromatic N) is 6. The number of aryl methyl sites for hydroxylation is 1. The summed E-state index contributed by atoms with van der Waals surface area (Å²) in [5, 5.41) is 9.53. The van der Waals surface area contributed by atoms with Crippen LogP contribution in [0, 0.1) is 0 Å². The fourth-order valence-corrected chi connectivity index (χ4v) is 6.38. The summed E-state index contributed by atoms with van der Waals surface area (Å²) >= 11 is 0. The minimum absolute atomic E-state index is 0.103. The monoisotopic (exact) mass is 582 g/mol. The Balaban J connectivity index is 1.08. The standard InChI is InChI=1S/C36H34N6O2/c43-33(39-22-24-40(25-23-39)34(28-14-6-2-7-15-28)29-16-8-3-9-17-29)21-20-32-37-38-36-41(26-27-12-4-1-5-13-27)35(44)30-18-10-11-19-31(30)42(32)36/h1-19,34H,20-26H2. The van der Waals surface area contributed by atoms with Gasteiger partial charge in [-0.1, -0.05) is 103 Å². The van der Waals surface area contributed by atoms with Crippen LogP contribution in [0.5, 0.6) is 0 Å². The van der Waals surface area contributed by atoms with Crippen molar-refractivity contribution in [1.82, 2.24) is 29.0 Å². The van der Waals surface area contributed by atoms with Crippen molar-refractivity contribution in [3.8, 4) is 0 Å². The fourth-order valence-electron chi connectivity index (χ4n) is 6.38. The number of carbonyl (C=O) groups is 1. The molecule has 1 amide bonds. The Morgan fingerprint density at radius 1 is 0.705 bits per heavy atom. The van der Waals surface area contributed by atoms with Crippen molar-refractivity contribution in [3.05, 3.63) is 148 Å². The topological polar surface area (TPSA) is 75.7 Å². The molecule has 0 atom stereocenters. The lowest BCUT2D eigenvalue weighted by atomic mass is 9.96. The quantitative estimate of drug-likeness (QED) is 0.254. The lowest BCUT2D eigenvalue weighted by molar-refractivity contribution is -0.133. The zero-order valence-corrected chi connectivity index (χ0v) is 24.5. The van der Waals surface area contributed by atoms with Gasteiger partial charge >= 0.3 is 0 Å². The minimum atomic E-state index is -0.103. The average Bonchev–Trinajstić information content (AvgIpc) is 3.51. The van der Waals surface area contributed by atoms with Gasteiger partial charge in [-0.15, -0.1) is 10.2 Å². The molecule has 1 fully saturated rings. The van der Waals surface area contributed by atoms with E-state index in [9.17, 15) is 9.59 Å². The second kappa shape index (κ2) is 12.3. The molecule has 1 aliphatic heterocycles. The van der Waals surface area contributed by atoms with E-state index in [1.807, 2.05) is 76.0 Å². The molecule has 8 heteroatoms. The van der Waals surface area contributed by atoms with Gasteiger partial charge in [-0.05, 0) is 28.8 Å². The molecule has 0 saturated carbocycles. The Morgan fingerprint density at radius 3 is 1.95 bits per heavy atom. The summed E-state index contributed by atoms with van der Waals surface area (Å²) in [7, 11) is 0. The van der Waals surface area contributed by atoms with Crippen LogP contribution in [0.15, 0.2) is 120 Å². The Morgan fingerprint density at radius 2 is 1.30 bits per heavy atom. The van der Waals surface area contributed by atoms with E-state index < -0.39 is 0 Å². The highest BCUT2D eigenvalue weighted by Crippen LogP contribution is 2.29. The fraction of sp³-hybridized carbons (Fsp3) is 0.222. The zero-order valence-electron chi connectivity index (χ0n) is 24.5. The van der Waals surface area contributed by atoms with Gasteiger partial charge in [0.1, 0.15) is 5.82 Å². The maximum Gasteiger partial charge on any atom is 0.263 e. The minimum Gasteiger partial charge on any atom is -0.340 e. The number of aromatic nitrogens is 4. The van der Waals surface area contributed by atoms with E-state index >= 15 is 0 Å². The van der Waals surface area contributed by atoms with Crippen molar-refractivity contribution >= 4 is 22.6 Å². The van der Waals surface area contributed by atoms with Crippen LogP contribution in [0.25, 0.3) is 16.7 Å². The summed E-state index contributed by atoms with van der Waals surface area (Å²) in [6, 6.07) is 38.7. The van der Waals surface area contributed by atoms with Gasteiger partial charge in [0, 0.05) is 39.0 Å². The van der Waals surface area contributed by atoms with Gasteiger partial charge in [-0.2, -0.15) is 0 Å². The highest BCUT2D eigenvalue weighted by Gasteiger charge is 2.28. The molecule has 1 saturated heterocycles. The van der Waals surface area contributed by atoms with Gasteiger partial charge in [0.2, 0.25) is 11.7 Å². The summed E-state index contributed by atoms with van der Waals surface area (Å²) in [5.41, 5.74) is 4.18. The summed E-state index contributed by atoms with van der Waals surface area (Å²) in [5.74, 6) is 1.28. The highest BCUT2D eigenvalue weighted by atomic mass is 16.2. The number of piperazine rings is 1. The molecule has 220 valence electrons. The lowest BCUT2D eigenvalue weighted by Gasteiger charge is -2.39. The van der Waals surface area contributed by atoms with Crippen molar-refractivity contribution in [2.45, 2.75) is 25.4 Å². The molecule has 4 aromatic carbocycles. The van der Waals surface area contributed by atoms with E-state index in [1.54, 1.807) is 4.57 Å². The third-order valence-corrected chi connectivity index (χ3v) is 8.58. The number of rotatable bonds is 8. The van der Waals surface area contributed by atoms with Crippen molar-refractivity contribution in [1.29, 1.82) is 0 Å². The molecular formula is C36H34N6O2. The van der Waals surface area contributed by atoms with E-state index in [2.05, 4.69) is 63.6 Å². The normalized spacial score (nSPS) is 14.1. The smallest absolute Gasteiger partial charge is 0.263 e. The molecule has 2 aromatic heterocycles. The molecule has 1 aliphatic rings. The van der Waals surface area contributed by atoms with Crippen LogP contribution in [0.3, 0.4) is 0 Å². The number of amides is 1. The van der Waals surface area contributed by atoms with Crippen LogP contribution in [0.4, 0.5) is 0 Å². The summed E-state index contributed by atoms with van der Waals surface area (Å²) < 4.78 is 3.61. The Labute approximate surface area is 255 Å². The predicted octanol–water partition coefficient (Wildman–Crippen LogP) is 4.96. The summed E-state index contributed by atoms with van der Waals surface area (Å²) in [4.78, 5) is 31.4. The van der Waals surface area contributed by atoms with Gasteiger partial charge in [0.15, 0.2) is 0 Å². The second-order valence-corrected chi connectivity index (χ2v) is 11.3. The van der Waals surface area contributed by atoms with Gasteiger partial charge < -0.3 is 4.90 Å². The number of hydrogen-bond donors (Lipinski definition) is 0. The number of benzene rings is 4. The first-order valence-electron chi connectivity index (χ1n) is 15.2. The third-order valence-electron chi connectivity index (χ3n) is 8.58. The van der Waals surface area contributed by atoms with Crippen LogP contribution in [-0.2, 0) is 17.8 Å². The second-order valence-electron chi connectivity index (χ2n) is 11.3. The van der Waals surface area contributed by atoms with Crippen LogP contribution in [0.1, 0.15) is 35.0 Å². The number of fused-ring (bicyclic) bond motifs is 3. The maximum absolute atomic E-state index is 13.5. The zero-order chi connectivity index (χ0) is 29.9. The van der Waals surface area contributed by atoms with E-state index in [0.717, 1.165) is 24.2 Å². The molecule has 44 heavy (non-hydrogen) atoms. The first kappa shape index (κ1) is 27.7. The molecule has 0 N–H and O–H groups in total. The first-order chi connectivity index (χ1) is 21.7. The predicted molar refractivity (Wildman–Crippen MR) is 171 cm³/mol. The van der Waals surface area contributed by atoms with Crippen molar-refractivity contribution in [3.63, 3.8) is 0 Å². The largest absolute Gasteiger partial charge is 0.340 e. The summed E-state index contributed by atoms with van der Waals surface area (Å²) in [6.45, 7) is 3.33. The van der Waals surface area contributed by atoms with Gasteiger partial charge in [-0.25, -0.2) is 0 Å². The average molecular weight is 583 g/mol. The van der Waals surface area contributed by atoms with E-state index in [-0.39, 0.29) is 17.5 Å². The van der Waals surface area contributed by atoms with Crippen LogP contribution >= 0.6 is 0 Å². The van der Waals surface area contributed by atoms with E-state index in [1.165, 1.54) is 11.1 Å². The Kier molecular flexibility index (Phi) is 7.73. The molecule has 6 aromatic rings. The Bertz CT molecular complexity index is 1910. The molecule has 0 aliphatic carbocycles. The number of hydrogen-bond acceptors (Lipinski definition) is 5. The molecule has 0 unspecified atom stereocenters. The van der Waals surface area contributed by atoms with Crippen molar-refractivity contribution in [2.24, 2.45) is 0 Å². The molecule has 8 nitrogen and oxygen atoms in total. The van der Waals surface area contributed by atoms with E-state index in [0.29, 0.717) is 49.5 Å². The lowest BCUT2D eigenvalue weighted by Crippen LogP contribution is -2.49. The summed E-state index contributed by atoms with van der Waals surface area (Å²) in [6.07, 6.45) is 0.762. The highest BCUT2D eigenvalue weighted by molar-refractivity contribution is 5.80. The number of carbonyl (C=O) groups excluding carboxylic acids is 1. The van der Waals surface area contributed by atoms with Crippen LogP contribution in [0.2, 0.25) is 0 Å². The van der Waals surface area contributed by atoms with Gasteiger partial charge in [0.05, 0.1) is 23.5 Å². The van der Waals surface area contributed by atoms with Gasteiger partial charge in [0.25, 0.3) is 5.56 Å². The SMILES string of the molecule is O=C(CCc1nnc2n(Cc3ccccc3)c(=O)c3ccccc3n12)N1CCN(C(c2ccccc2)c2ccccc2)CC1. The molecule has 0 radical (unpaired) electrons. The maximum atomic E-state index is 13.5. The van der Waals surface area contributed by atoms with Crippen molar-refractivity contribution < 1.29 is 4.79 Å². The molecule has 0 spiro atoms. The first-order valence-corrected chi connectivity index (χ1v) is 15.2. The number of para-hydroxylation sites is 1. The van der Waals surface area contributed by atoms with Crippen LogP contribution in [-0.4, -0.2) is 61.1 Å². The van der Waals surface area contributed by atoms with Crippen LogP contribution < -0.4 is 5.56 Å². The third kappa shape index (κ3) is 5.40. The molecule has 7 rings (SSSR count). The van der Waals surface area contributed by atoms with Gasteiger partial charge in [-0.3, -0.25) is 23.5 Å². The molecule has 0 bridgehead atoms. The van der Waals surface area contributed by atoms with Crippen molar-refractivity contribution in [2.75, 3.05) is 26.2 Å². The Hall–Kier alpha value is -5.08. The molecule has 3 heterocycles. The molecular weight excluding hydrogens is 548 g/mol.